The molecule has 0 radical (unpaired) electrons. The molecule has 2 rings (SSSR count). The lowest BCUT2D eigenvalue weighted by molar-refractivity contribution is 0.262. The highest BCUT2D eigenvalue weighted by Gasteiger charge is 2.11. The van der Waals surface area contributed by atoms with E-state index in [0.29, 0.717) is 27.1 Å². The fourth-order valence-corrected chi connectivity index (χ4v) is 2.81. The summed E-state index contributed by atoms with van der Waals surface area (Å²) in [7, 11) is 0. The summed E-state index contributed by atoms with van der Waals surface area (Å²) in [5, 5.41) is 5.94. The Morgan fingerprint density at radius 2 is 1.60 bits per heavy atom. The van der Waals surface area contributed by atoms with Gasteiger partial charge in [-0.2, -0.15) is 0 Å². The number of rotatable bonds is 2. The van der Waals surface area contributed by atoms with Crippen molar-refractivity contribution in [1.29, 1.82) is 0 Å². The molecule has 0 saturated carbocycles. The second-order valence-corrected chi connectivity index (χ2v) is 5.68. The van der Waals surface area contributed by atoms with Crippen LogP contribution in [0.2, 0.25) is 10.0 Å². The third-order valence-electron chi connectivity index (χ3n) is 2.41. The summed E-state index contributed by atoms with van der Waals surface area (Å²) >= 11 is 15.3. The third-order valence-corrected chi connectivity index (χ3v) is 3.47. The van der Waals surface area contributed by atoms with Crippen LogP contribution in [0, 0.1) is 0 Å². The van der Waals surface area contributed by atoms with E-state index in [0.717, 1.165) is 4.47 Å². The summed E-state index contributed by atoms with van der Waals surface area (Å²) in [5.41, 5.74) is 7.15. The van der Waals surface area contributed by atoms with Gasteiger partial charge in [0.1, 0.15) is 0 Å². The molecular formula is C13H10BrCl2N3O. The van der Waals surface area contributed by atoms with Crippen molar-refractivity contribution in [2.75, 3.05) is 16.4 Å². The van der Waals surface area contributed by atoms with Gasteiger partial charge in [0, 0.05) is 15.8 Å². The van der Waals surface area contributed by atoms with Gasteiger partial charge in [0.15, 0.2) is 0 Å². The van der Waals surface area contributed by atoms with Gasteiger partial charge in [-0.05, 0) is 36.4 Å². The number of carbonyl (C=O) groups is 1. The van der Waals surface area contributed by atoms with E-state index in [1.807, 2.05) is 0 Å². The summed E-state index contributed by atoms with van der Waals surface area (Å²) in [6.45, 7) is 0. The van der Waals surface area contributed by atoms with Crippen molar-refractivity contribution in [2.45, 2.75) is 0 Å². The Labute approximate surface area is 134 Å². The Morgan fingerprint density at radius 1 is 1.05 bits per heavy atom. The molecule has 0 atom stereocenters. The van der Waals surface area contributed by atoms with E-state index in [1.54, 1.807) is 36.4 Å². The van der Waals surface area contributed by atoms with Gasteiger partial charge in [0.2, 0.25) is 0 Å². The molecule has 2 aromatic rings. The smallest absolute Gasteiger partial charge is 0.323 e. The summed E-state index contributed by atoms with van der Waals surface area (Å²) in [6, 6.07) is 9.61. The van der Waals surface area contributed by atoms with Crippen molar-refractivity contribution in [3.8, 4) is 0 Å². The topological polar surface area (TPSA) is 67.1 Å². The minimum absolute atomic E-state index is 0.344. The van der Waals surface area contributed by atoms with Gasteiger partial charge in [0.25, 0.3) is 0 Å². The maximum atomic E-state index is 11.9. The Balaban J connectivity index is 2.10. The second kappa shape index (κ2) is 6.35. The molecule has 2 aromatic carbocycles. The largest absolute Gasteiger partial charge is 0.399 e. The molecule has 0 aliphatic heterocycles. The van der Waals surface area contributed by atoms with E-state index in [1.165, 1.54) is 0 Å². The van der Waals surface area contributed by atoms with Crippen LogP contribution in [0.4, 0.5) is 21.9 Å². The Morgan fingerprint density at radius 3 is 2.15 bits per heavy atom. The van der Waals surface area contributed by atoms with Crippen molar-refractivity contribution in [3.63, 3.8) is 0 Å². The first-order chi connectivity index (χ1) is 9.45. The standard InChI is InChI=1S/C13H10BrCl2N3O/c14-7-5-10(15)12(11(16)6-7)19-13(20)18-9-3-1-8(17)2-4-9/h1-6H,17H2,(H2,18,19,20). The zero-order chi connectivity index (χ0) is 14.7. The fraction of sp³-hybridized carbons (Fsp3) is 0. The van der Waals surface area contributed by atoms with Crippen LogP contribution in [0.5, 0.6) is 0 Å². The Bertz CT molecular complexity index is 624. The van der Waals surface area contributed by atoms with Crippen molar-refractivity contribution in [3.05, 3.63) is 50.9 Å². The highest BCUT2D eigenvalue weighted by atomic mass is 79.9. The first-order valence-electron chi connectivity index (χ1n) is 5.54. The molecule has 7 heteroatoms. The average Bonchev–Trinajstić information content (AvgIpc) is 2.36. The van der Waals surface area contributed by atoms with E-state index < -0.39 is 6.03 Å². The molecule has 0 aliphatic carbocycles. The summed E-state index contributed by atoms with van der Waals surface area (Å²) in [4.78, 5) is 11.9. The van der Waals surface area contributed by atoms with Crippen LogP contribution in [-0.4, -0.2) is 6.03 Å². The number of carbonyl (C=O) groups excluding carboxylic acids is 1. The molecule has 20 heavy (non-hydrogen) atoms. The van der Waals surface area contributed by atoms with Crippen molar-refractivity contribution in [2.24, 2.45) is 0 Å². The zero-order valence-electron chi connectivity index (χ0n) is 10.1. The molecule has 0 spiro atoms. The van der Waals surface area contributed by atoms with Crippen LogP contribution >= 0.6 is 39.1 Å². The first kappa shape index (κ1) is 15.0. The number of nitrogens with two attached hydrogens (primary N) is 1. The van der Waals surface area contributed by atoms with Crippen LogP contribution in [0.3, 0.4) is 0 Å². The average molecular weight is 375 g/mol. The number of benzene rings is 2. The second-order valence-electron chi connectivity index (χ2n) is 3.95. The molecule has 0 heterocycles. The van der Waals surface area contributed by atoms with Crippen molar-refractivity contribution in [1.82, 2.24) is 0 Å². The summed E-state index contributed by atoms with van der Waals surface area (Å²) in [5.74, 6) is 0. The number of amides is 2. The predicted octanol–water partition coefficient (Wildman–Crippen LogP) is 4.98. The molecular weight excluding hydrogens is 365 g/mol. The van der Waals surface area contributed by atoms with Crippen LogP contribution in [-0.2, 0) is 0 Å². The normalized spacial score (nSPS) is 10.2. The van der Waals surface area contributed by atoms with Crippen LogP contribution < -0.4 is 16.4 Å². The molecule has 0 aliphatic rings. The maximum absolute atomic E-state index is 11.9. The molecule has 0 unspecified atom stereocenters. The molecule has 4 N–H and O–H groups in total. The van der Waals surface area contributed by atoms with Gasteiger partial charge in [-0.1, -0.05) is 39.1 Å². The number of nitrogens with one attached hydrogen (secondary N) is 2. The Kier molecular flexibility index (Phi) is 4.75. The van der Waals surface area contributed by atoms with Gasteiger partial charge < -0.3 is 16.4 Å². The number of hydrogen-bond donors (Lipinski definition) is 3. The molecule has 0 aromatic heterocycles. The fourth-order valence-electron chi connectivity index (χ4n) is 1.50. The van der Waals surface area contributed by atoms with Gasteiger partial charge in [0.05, 0.1) is 15.7 Å². The summed E-state index contributed by atoms with van der Waals surface area (Å²) < 4.78 is 0.733. The number of nitrogen functional groups attached to an aromatic ring is 1. The number of halogens is 3. The van der Waals surface area contributed by atoms with Crippen molar-refractivity contribution >= 4 is 62.2 Å². The maximum Gasteiger partial charge on any atom is 0.323 e. The highest BCUT2D eigenvalue weighted by Crippen LogP contribution is 2.33. The van der Waals surface area contributed by atoms with Gasteiger partial charge in [-0.3, -0.25) is 0 Å². The lowest BCUT2D eigenvalue weighted by Gasteiger charge is -2.11. The van der Waals surface area contributed by atoms with E-state index >= 15 is 0 Å². The zero-order valence-corrected chi connectivity index (χ0v) is 13.2. The number of anilines is 3. The minimum Gasteiger partial charge on any atom is -0.399 e. The van der Waals surface area contributed by atoms with Crippen molar-refractivity contribution < 1.29 is 4.79 Å². The van der Waals surface area contributed by atoms with E-state index in [2.05, 4.69) is 26.6 Å². The highest BCUT2D eigenvalue weighted by molar-refractivity contribution is 9.10. The van der Waals surface area contributed by atoms with Gasteiger partial charge in [-0.15, -0.1) is 0 Å². The van der Waals surface area contributed by atoms with E-state index in [4.69, 9.17) is 28.9 Å². The lowest BCUT2D eigenvalue weighted by atomic mass is 10.3. The Hall–Kier alpha value is -1.43. The predicted molar refractivity (Wildman–Crippen MR) is 87.7 cm³/mol. The quantitative estimate of drug-likeness (QED) is 0.648. The molecule has 4 nitrogen and oxygen atoms in total. The number of urea groups is 1. The molecule has 104 valence electrons. The van der Waals surface area contributed by atoms with Crippen LogP contribution in [0.1, 0.15) is 0 Å². The van der Waals surface area contributed by atoms with E-state index in [9.17, 15) is 4.79 Å². The molecule has 0 saturated heterocycles. The summed E-state index contributed by atoms with van der Waals surface area (Å²) in [6.07, 6.45) is 0. The number of hydrogen-bond acceptors (Lipinski definition) is 2. The SMILES string of the molecule is Nc1ccc(NC(=O)Nc2c(Cl)cc(Br)cc2Cl)cc1. The minimum atomic E-state index is -0.444. The van der Waals surface area contributed by atoms with Gasteiger partial charge in [-0.25, -0.2) is 4.79 Å². The third kappa shape index (κ3) is 3.79. The molecule has 2 amide bonds. The van der Waals surface area contributed by atoms with Crippen LogP contribution in [0.15, 0.2) is 40.9 Å². The molecule has 0 fully saturated rings. The first-order valence-corrected chi connectivity index (χ1v) is 7.08. The van der Waals surface area contributed by atoms with Crippen LogP contribution in [0.25, 0.3) is 0 Å². The monoisotopic (exact) mass is 373 g/mol. The van der Waals surface area contributed by atoms with E-state index in [-0.39, 0.29) is 0 Å². The lowest BCUT2D eigenvalue weighted by Crippen LogP contribution is -2.19. The van der Waals surface area contributed by atoms with Gasteiger partial charge >= 0.3 is 6.03 Å². The molecule has 0 bridgehead atoms.